The van der Waals surface area contributed by atoms with Crippen LogP contribution < -0.4 is 4.74 Å². The molecule has 1 aromatic rings. The van der Waals surface area contributed by atoms with E-state index in [4.69, 9.17) is 9.47 Å². The molecule has 0 saturated carbocycles. The Balaban J connectivity index is 2.68. The zero-order chi connectivity index (χ0) is 18.1. The van der Waals surface area contributed by atoms with Crippen LogP contribution in [0.4, 0.5) is 26.3 Å². The predicted octanol–water partition coefficient (Wildman–Crippen LogP) is 5.53. The van der Waals surface area contributed by atoms with Crippen molar-refractivity contribution in [1.29, 1.82) is 0 Å². The number of ether oxygens (including phenoxy) is 2. The van der Waals surface area contributed by atoms with E-state index in [9.17, 15) is 26.3 Å². The minimum Gasteiger partial charge on any atom is -0.498 e. The molecule has 0 N–H and O–H groups in total. The van der Waals surface area contributed by atoms with Crippen molar-refractivity contribution in [3.05, 3.63) is 40.7 Å². The van der Waals surface area contributed by atoms with E-state index in [1.165, 1.54) is 6.92 Å². The van der Waals surface area contributed by atoms with Crippen LogP contribution in [0.15, 0.2) is 24.0 Å². The van der Waals surface area contributed by atoms with Crippen LogP contribution in [0.2, 0.25) is 0 Å². The smallest absolute Gasteiger partial charge is 0.420 e. The Bertz CT molecular complexity index is 631. The summed E-state index contributed by atoms with van der Waals surface area (Å²) >= 11 is 0. The van der Waals surface area contributed by atoms with Crippen molar-refractivity contribution in [2.75, 3.05) is 13.2 Å². The summed E-state index contributed by atoms with van der Waals surface area (Å²) in [6, 6.07) is 1.99. The highest BCUT2D eigenvalue weighted by atomic mass is 19.4. The molecule has 1 atom stereocenters. The molecule has 0 saturated heterocycles. The second-order valence-electron chi connectivity index (χ2n) is 5.39. The van der Waals surface area contributed by atoms with Gasteiger partial charge in [0.2, 0.25) is 0 Å². The molecule has 0 radical (unpaired) electrons. The molecule has 1 aliphatic rings. The minimum absolute atomic E-state index is 0.101. The van der Waals surface area contributed by atoms with E-state index < -0.39 is 40.7 Å². The van der Waals surface area contributed by atoms with Crippen LogP contribution >= 0.6 is 0 Å². The van der Waals surface area contributed by atoms with E-state index in [0.29, 0.717) is 5.76 Å². The van der Waals surface area contributed by atoms with Gasteiger partial charge in [0.1, 0.15) is 11.3 Å². The van der Waals surface area contributed by atoms with Crippen molar-refractivity contribution in [2.24, 2.45) is 0 Å². The van der Waals surface area contributed by atoms with Gasteiger partial charge >= 0.3 is 12.4 Å². The molecule has 1 heterocycles. The number of hydrogen-bond donors (Lipinski definition) is 0. The molecule has 2 rings (SSSR count). The van der Waals surface area contributed by atoms with E-state index in [0.717, 1.165) is 12.1 Å². The standard InChI is InChI=1S/C16H16F6O2/c1-3-23-12-7-6-11(10-5-4-9(2)24-8-10)13(15(17,18)19)14(12)16(20,21)22/h4,6-7,10H,3,5,8H2,1-2H3. The highest BCUT2D eigenvalue weighted by Crippen LogP contribution is 2.48. The first-order chi connectivity index (χ1) is 11.1. The second-order valence-corrected chi connectivity index (χ2v) is 5.39. The van der Waals surface area contributed by atoms with Gasteiger partial charge in [0.25, 0.3) is 0 Å². The van der Waals surface area contributed by atoms with Gasteiger partial charge in [-0.15, -0.1) is 0 Å². The molecule has 1 aliphatic heterocycles. The first-order valence-corrected chi connectivity index (χ1v) is 7.29. The van der Waals surface area contributed by atoms with E-state index in [1.54, 1.807) is 13.0 Å². The first-order valence-electron chi connectivity index (χ1n) is 7.29. The van der Waals surface area contributed by atoms with Gasteiger partial charge in [-0.1, -0.05) is 6.07 Å². The molecule has 0 bridgehead atoms. The Kier molecular flexibility index (Phi) is 5.05. The Hall–Kier alpha value is -1.86. The highest BCUT2D eigenvalue weighted by Gasteiger charge is 2.48. The molecule has 0 aromatic heterocycles. The van der Waals surface area contributed by atoms with Gasteiger partial charge in [0, 0.05) is 5.92 Å². The zero-order valence-electron chi connectivity index (χ0n) is 13.0. The zero-order valence-corrected chi connectivity index (χ0v) is 13.0. The lowest BCUT2D eigenvalue weighted by Crippen LogP contribution is -2.23. The van der Waals surface area contributed by atoms with Crippen LogP contribution in [0.1, 0.15) is 42.9 Å². The molecule has 134 valence electrons. The lowest BCUT2D eigenvalue weighted by Gasteiger charge is -2.28. The fourth-order valence-electron chi connectivity index (χ4n) is 2.69. The summed E-state index contributed by atoms with van der Waals surface area (Å²) in [4.78, 5) is 0. The highest BCUT2D eigenvalue weighted by molar-refractivity contribution is 5.50. The third-order valence-electron chi connectivity index (χ3n) is 3.71. The van der Waals surface area contributed by atoms with Crippen molar-refractivity contribution < 1.29 is 35.8 Å². The monoisotopic (exact) mass is 354 g/mol. The van der Waals surface area contributed by atoms with Gasteiger partial charge < -0.3 is 9.47 Å². The van der Waals surface area contributed by atoms with Crippen molar-refractivity contribution in [3.63, 3.8) is 0 Å². The molecule has 1 unspecified atom stereocenters. The number of rotatable bonds is 3. The van der Waals surface area contributed by atoms with E-state index in [-0.39, 0.29) is 19.6 Å². The van der Waals surface area contributed by atoms with Crippen LogP contribution in [0, 0.1) is 0 Å². The summed E-state index contributed by atoms with van der Waals surface area (Å²) in [5, 5.41) is 0. The molecule has 0 fully saturated rings. The number of alkyl halides is 6. The average Bonchev–Trinajstić information content (AvgIpc) is 2.46. The molecular formula is C16H16F6O2. The predicted molar refractivity (Wildman–Crippen MR) is 74.7 cm³/mol. The van der Waals surface area contributed by atoms with E-state index >= 15 is 0 Å². The lowest BCUT2D eigenvalue weighted by molar-refractivity contribution is -0.163. The Morgan fingerprint density at radius 2 is 1.71 bits per heavy atom. The third kappa shape index (κ3) is 3.79. The summed E-state index contributed by atoms with van der Waals surface area (Å²) in [5.41, 5.74) is -3.90. The van der Waals surface area contributed by atoms with E-state index in [1.807, 2.05) is 0 Å². The minimum atomic E-state index is -5.19. The Labute approximate surface area is 135 Å². The fourth-order valence-corrected chi connectivity index (χ4v) is 2.69. The number of hydrogen-bond acceptors (Lipinski definition) is 2. The first kappa shape index (κ1) is 18.5. The molecule has 8 heteroatoms. The molecule has 0 spiro atoms. The summed E-state index contributed by atoms with van der Waals surface area (Å²) in [5.74, 6) is -1.08. The summed E-state index contributed by atoms with van der Waals surface area (Å²) in [6.07, 6.45) is -8.60. The van der Waals surface area contributed by atoms with Gasteiger partial charge in [-0.05, 0) is 38.0 Å². The van der Waals surface area contributed by atoms with Gasteiger partial charge in [-0.3, -0.25) is 0 Å². The largest absolute Gasteiger partial charge is 0.498 e. The quantitative estimate of drug-likeness (QED) is 0.665. The normalized spacial score (nSPS) is 18.8. The van der Waals surface area contributed by atoms with E-state index in [2.05, 4.69) is 0 Å². The van der Waals surface area contributed by atoms with Crippen LogP contribution in [0.3, 0.4) is 0 Å². The van der Waals surface area contributed by atoms with Crippen molar-refractivity contribution in [2.45, 2.75) is 38.5 Å². The van der Waals surface area contributed by atoms with Gasteiger partial charge in [0.05, 0.1) is 24.5 Å². The number of allylic oxidation sites excluding steroid dienone is 2. The Morgan fingerprint density at radius 1 is 1.08 bits per heavy atom. The summed E-state index contributed by atoms with van der Waals surface area (Å²) in [7, 11) is 0. The number of halogens is 6. The number of benzene rings is 1. The van der Waals surface area contributed by atoms with Crippen molar-refractivity contribution in [1.82, 2.24) is 0 Å². The third-order valence-corrected chi connectivity index (χ3v) is 3.71. The SMILES string of the molecule is CCOc1ccc(C2CC=C(C)OC2)c(C(F)(F)F)c1C(F)(F)F. The summed E-state index contributed by atoms with van der Waals surface area (Å²) in [6.45, 7) is 2.77. The second kappa shape index (κ2) is 6.57. The van der Waals surface area contributed by atoms with Crippen LogP contribution in [-0.2, 0) is 17.1 Å². The van der Waals surface area contributed by atoms with Crippen LogP contribution in [-0.4, -0.2) is 13.2 Å². The molecule has 0 aliphatic carbocycles. The molecule has 2 nitrogen and oxygen atoms in total. The maximum atomic E-state index is 13.5. The Morgan fingerprint density at radius 3 is 2.17 bits per heavy atom. The van der Waals surface area contributed by atoms with Gasteiger partial charge in [-0.25, -0.2) is 0 Å². The maximum Gasteiger partial charge on any atom is 0.420 e. The average molecular weight is 354 g/mol. The fraction of sp³-hybridized carbons (Fsp3) is 0.500. The topological polar surface area (TPSA) is 18.5 Å². The van der Waals surface area contributed by atoms with Gasteiger partial charge in [0.15, 0.2) is 0 Å². The van der Waals surface area contributed by atoms with Crippen LogP contribution in [0.5, 0.6) is 5.75 Å². The molecular weight excluding hydrogens is 338 g/mol. The van der Waals surface area contributed by atoms with Crippen LogP contribution in [0.25, 0.3) is 0 Å². The van der Waals surface area contributed by atoms with Crippen molar-refractivity contribution in [3.8, 4) is 5.75 Å². The lowest BCUT2D eigenvalue weighted by atomic mass is 9.87. The maximum absolute atomic E-state index is 13.5. The molecule has 0 amide bonds. The summed E-state index contributed by atoms with van der Waals surface area (Å²) < 4.78 is 90.5. The molecule has 24 heavy (non-hydrogen) atoms. The molecule has 1 aromatic carbocycles. The van der Waals surface area contributed by atoms with Gasteiger partial charge in [-0.2, -0.15) is 26.3 Å². The van der Waals surface area contributed by atoms with Crippen molar-refractivity contribution >= 4 is 0 Å².